The molecule has 1 saturated carbocycles. The standard InChI is InChI=1S/C21H35N5OS/c1-26(2)20(27)15-24-21(23-14-16-8-4-3-5-9-16)22-13-12-19-25-17-10-6-7-11-18(17)28-19/h16H,3-15H2,1-2H3,(H2,22,23,24). The zero-order valence-electron chi connectivity index (χ0n) is 17.4. The Hall–Kier alpha value is -1.63. The first-order valence-electron chi connectivity index (χ1n) is 10.8. The van der Waals surface area contributed by atoms with Gasteiger partial charge in [0.1, 0.15) is 6.54 Å². The number of hydrogen-bond acceptors (Lipinski definition) is 4. The van der Waals surface area contributed by atoms with Crippen molar-refractivity contribution >= 4 is 23.2 Å². The van der Waals surface area contributed by atoms with E-state index >= 15 is 0 Å². The summed E-state index contributed by atoms with van der Waals surface area (Å²) in [6, 6.07) is 0. The predicted octanol–water partition coefficient (Wildman–Crippen LogP) is 2.77. The number of rotatable bonds is 7. The van der Waals surface area contributed by atoms with Gasteiger partial charge in [-0.2, -0.15) is 0 Å². The van der Waals surface area contributed by atoms with E-state index in [0.717, 1.165) is 37.8 Å². The number of hydrogen-bond donors (Lipinski definition) is 2. The van der Waals surface area contributed by atoms with E-state index in [0.29, 0.717) is 0 Å². The number of thiazole rings is 1. The molecule has 1 amide bonds. The summed E-state index contributed by atoms with van der Waals surface area (Å²) >= 11 is 1.87. The van der Waals surface area contributed by atoms with E-state index in [-0.39, 0.29) is 12.5 Å². The van der Waals surface area contributed by atoms with Crippen LogP contribution in [0.5, 0.6) is 0 Å². The van der Waals surface area contributed by atoms with Gasteiger partial charge < -0.3 is 15.5 Å². The minimum atomic E-state index is 0.0198. The highest BCUT2D eigenvalue weighted by molar-refractivity contribution is 7.11. The van der Waals surface area contributed by atoms with Crippen LogP contribution in [0.25, 0.3) is 0 Å². The van der Waals surface area contributed by atoms with Gasteiger partial charge in [0.25, 0.3) is 0 Å². The minimum absolute atomic E-state index is 0.0198. The third-order valence-electron chi connectivity index (χ3n) is 5.68. The first-order valence-corrected chi connectivity index (χ1v) is 11.6. The molecule has 0 aromatic carbocycles. The Kier molecular flexibility index (Phi) is 8.13. The third kappa shape index (κ3) is 6.47. The summed E-state index contributed by atoms with van der Waals surface area (Å²) < 4.78 is 0. The first-order chi connectivity index (χ1) is 13.6. The molecule has 1 fully saturated rings. The Morgan fingerprint density at radius 1 is 1.14 bits per heavy atom. The highest BCUT2D eigenvalue weighted by atomic mass is 32.1. The van der Waals surface area contributed by atoms with Gasteiger partial charge >= 0.3 is 0 Å². The number of aliphatic imine (C=N–C) groups is 1. The number of guanidine groups is 1. The number of nitrogens with zero attached hydrogens (tertiary/aromatic N) is 3. The average Bonchev–Trinajstić information content (AvgIpc) is 3.12. The molecule has 2 aliphatic carbocycles. The highest BCUT2D eigenvalue weighted by Gasteiger charge is 2.16. The number of aryl methyl sites for hydroxylation is 2. The monoisotopic (exact) mass is 405 g/mol. The van der Waals surface area contributed by atoms with Crippen LogP contribution in [-0.2, 0) is 24.1 Å². The molecule has 0 radical (unpaired) electrons. The SMILES string of the molecule is CN(C)C(=O)CN=C(NCCc1nc2c(s1)CCCC2)NCC1CCCCC1. The molecule has 2 aliphatic rings. The van der Waals surface area contributed by atoms with Crippen molar-refractivity contribution in [2.75, 3.05) is 33.7 Å². The van der Waals surface area contributed by atoms with E-state index in [1.54, 1.807) is 19.0 Å². The molecule has 0 atom stereocenters. The van der Waals surface area contributed by atoms with Crippen molar-refractivity contribution in [2.24, 2.45) is 10.9 Å². The van der Waals surface area contributed by atoms with E-state index in [1.165, 1.54) is 66.9 Å². The second-order valence-corrected chi connectivity index (χ2v) is 9.37. The molecule has 0 spiro atoms. The van der Waals surface area contributed by atoms with Crippen molar-refractivity contribution in [1.82, 2.24) is 20.5 Å². The number of nitrogens with one attached hydrogen (secondary N) is 2. The average molecular weight is 406 g/mol. The van der Waals surface area contributed by atoms with Crippen LogP contribution < -0.4 is 10.6 Å². The fourth-order valence-corrected chi connectivity index (χ4v) is 5.05. The fraction of sp³-hybridized carbons (Fsp3) is 0.762. The number of carbonyl (C=O) groups excluding carboxylic acids is 1. The zero-order chi connectivity index (χ0) is 19.8. The van der Waals surface area contributed by atoms with Gasteiger partial charge in [0.15, 0.2) is 5.96 Å². The Morgan fingerprint density at radius 3 is 2.68 bits per heavy atom. The Morgan fingerprint density at radius 2 is 1.93 bits per heavy atom. The van der Waals surface area contributed by atoms with Gasteiger partial charge in [-0.15, -0.1) is 11.3 Å². The van der Waals surface area contributed by atoms with E-state index in [2.05, 4.69) is 15.6 Å². The Bertz CT molecular complexity index is 640. The summed E-state index contributed by atoms with van der Waals surface area (Å²) in [5, 5.41) is 8.11. The molecular formula is C21H35N5OS. The van der Waals surface area contributed by atoms with Crippen LogP contribution >= 0.6 is 11.3 Å². The predicted molar refractivity (Wildman–Crippen MR) is 116 cm³/mol. The van der Waals surface area contributed by atoms with Crippen molar-refractivity contribution in [3.8, 4) is 0 Å². The van der Waals surface area contributed by atoms with Crippen molar-refractivity contribution in [2.45, 2.75) is 64.2 Å². The molecule has 1 aromatic rings. The van der Waals surface area contributed by atoms with Gasteiger partial charge in [-0.25, -0.2) is 9.98 Å². The minimum Gasteiger partial charge on any atom is -0.356 e. The molecule has 0 aliphatic heterocycles. The largest absolute Gasteiger partial charge is 0.356 e. The number of aromatic nitrogens is 1. The summed E-state index contributed by atoms with van der Waals surface area (Å²) in [4.78, 5) is 24.3. The highest BCUT2D eigenvalue weighted by Crippen LogP contribution is 2.26. The van der Waals surface area contributed by atoms with Gasteiger partial charge in [-0.05, 0) is 44.4 Å². The molecule has 7 heteroatoms. The Labute approximate surface area is 173 Å². The molecule has 1 aromatic heterocycles. The van der Waals surface area contributed by atoms with Crippen LogP contribution in [0.4, 0.5) is 0 Å². The van der Waals surface area contributed by atoms with E-state index in [1.807, 2.05) is 11.3 Å². The lowest BCUT2D eigenvalue weighted by Gasteiger charge is -2.23. The van der Waals surface area contributed by atoms with Crippen molar-refractivity contribution < 1.29 is 4.79 Å². The lowest BCUT2D eigenvalue weighted by Crippen LogP contribution is -2.41. The number of fused-ring (bicyclic) bond motifs is 1. The molecular weight excluding hydrogens is 370 g/mol. The molecule has 0 saturated heterocycles. The number of amides is 1. The van der Waals surface area contributed by atoms with Crippen molar-refractivity contribution in [3.05, 3.63) is 15.6 Å². The first kappa shape index (κ1) is 21.1. The number of likely N-dealkylation sites (N-methyl/N-ethyl adjacent to an activating group) is 1. The van der Waals surface area contributed by atoms with Crippen LogP contribution in [0.3, 0.4) is 0 Å². The van der Waals surface area contributed by atoms with Crippen LogP contribution in [0.1, 0.15) is 60.5 Å². The van der Waals surface area contributed by atoms with Gasteiger partial charge in [-0.3, -0.25) is 4.79 Å². The van der Waals surface area contributed by atoms with Gasteiger partial charge in [0.2, 0.25) is 5.91 Å². The topological polar surface area (TPSA) is 69.6 Å². The van der Waals surface area contributed by atoms with Crippen LogP contribution in [0, 0.1) is 5.92 Å². The molecule has 3 rings (SSSR count). The van der Waals surface area contributed by atoms with E-state index in [4.69, 9.17) is 4.98 Å². The maximum atomic E-state index is 11.9. The lowest BCUT2D eigenvalue weighted by molar-refractivity contribution is -0.127. The normalized spacial score (nSPS) is 17.9. The zero-order valence-corrected chi connectivity index (χ0v) is 18.2. The second kappa shape index (κ2) is 10.8. The molecule has 156 valence electrons. The van der Waals surface area contributed by atoms with Crippen LogP contribution in [-0.4, -0.2) is 55.5 Å². The third-order valence-corrected chi connectivity index (χ3v) is 6.89. The van der Waals surface area contributed by atoms with Gasteiger partial charge in [-0.1, -0.05) is 19.3 Å². The van der Waals surface area contributed by atoms with E-state index in [9.17, 15) is 4.79 Å². The molecule has 28 heavy (non-hydrogen) atoms. The summed E-state index contributed by atoms with van der Waals surface area (Å²) in [6.45, 7) is 1.91. The summed E-state index contributed by atoms with van der Waals surface area (Å²) in [5.74, 6) is 1.49. The van der Waals surface area contributed by atoms with Crippen LogP contribution in [0.2, 0.25) is 0 Å². The molecule has 2 N–H and O–H groups in total. The lowest BCUT2D eigenvalue weighted by atomic mass is 9.89. The van der Waals surface area contributed by atoms with Gasteiger partial charge in [0.05, 0.1) is 10.7 Å². The van der Waals surface area contributed by atoms with Crippen molar-refractivity contribution in [1.29, 1.82) is 0 Å². The summed E-state index contributed by atoms with van der Waals surface area (Å²) in [7, 11) is 3.54. The smallest absolute Gasteiger partial charge is 0.243 e. The van der Waals surface area contributed by atoms with Gasteiger partial charge in [0, 0.05) is 38.5 Å². The quantitative estimate of drug-likeness (QED) is 0.541. The Balaban J connectivity index is 1.50. The fourth-order valence-electron chi connectivity index (χ4n) is 3.89. The molecule has 0 bridgehead atoms. The molecule has 6 nitrogen and oxygen atoms in total. The number of carbonyl (C=O) groups is 1. The summed E-state index contributed by atoms with van der Waals surface area (Å²) in [6.07, 6.45) is 12.4. The van der Waals surface area contributed by atoms with E-state index < -0.39 is 0 Å². The van der Waals surface area contributed by atoms with Crippen molar-refractivity contribution in [3.63, 3.8) is 0 Å². The molecule has 0 unspecified atom stereocenters. The maximum absolute atomic E-state index is 11.9. The molecule has 1 heterocycles. The summed E-state index contributed by atoms with van der Waals surface area (Å²) in [5.41, 5.74) is 1.33. The second-order valence-electron chi connectivity index (χ2n) is 8.20. The van der Waals surface area contributed by atoms with Crippen LogP contribution in [0.15, 0.2) is 4.99 Å². The maximum Gasteiger partial charge on any atom is 0.243 e.